The first-order valence-corrected chi connectivity index (χ1v) is 5.40. The number of hydrogen-bond acceptors (Lipinski definition) is 2. The van der Waals surface area contributed by atoms with Crippen molar-refractivity contribution < 1.29 is 27.9 Å². The molecule has 0 aliphatic heterocycles. The molecule has 0 bridgehead atoms. The fourth-order valence-corrected chi connectivity index (χ4v) is 1.58. The number of aliphatic carboxylic acids is 1. The molecule has 9 heteroatoms. The van der Waals surface area contributed by atoms with E-state index in [0.29, 0.717) is 4.47 Å². The van der Waals surface area contributed by atoms with E-state index in [0.717, 1.165) is 0 Å². The van der Waals surface area contributed by atoms with E-state index in [-0.39, 0.29) is 10.6 Å². The van der Waals surface area contributed by atoms with Crippen molar-refractivity contribution in [2.24, 2.45) is 0 Å². The predicted octanol–water partition coefficient (Wildman–Crippen LogP) is 1.87. The Morgan fingerprint density at radius 2 is 2.06 bits per heavy atom. The van der Waals surface area contributed by atoms with Gasteiger partial charge in [-0.2, -0.15) is 13.2 Å². The lowest BCUT2D eigenvalue weighted by atomic mass is 10.3. The molecule has 1 amide bonds. The molecule has 1 aromatic rings. The van der Waals surface area contributed by atoms with Gasteiger partial charge in [0.2, 0.25) is 0 Å². The van der Waals surface area contributed by atoms with Crippen molar-refractivity contribution in [1.82, 2.24) is 9.88 Å². The van der Waals surface area contributed by atoms with Crippen molar-refractivity contribution in [3.63, 3.8) is 0 Å². The number of carboxylic acid groups (broad SMARTS) is 1. The smallest absolute Gasteiger partial charge is 0.406 e. The number of aromatic amines is 1. The van der Waals surface area contributed by atoms with Crippen LogP contribution in [0.5, 0.6) is 0 Å². The van der Waals surface area contributed by atoms with Gasteiger partial charge in [-0.15, -0.1) is 0 Å². The number of hydrogen-bond donors (Lipinski definition) is 2. The second-order valence-electron chi connectivity index (χ2n) is 3.40. The molecule has 2 N–H and O–H groups in total. The zero-order chi connectivity index (χ0) is 13.9. The van der Waals surface area contributed by atoms with Crippen LogP contribution in [0.4, 0.5) is 13.2 Å². The van der Waals surface area contributed by atoms with Crippen molar-refractivity contribution in [1.29, 1.82) is 0 Å². The number of alkyl halides is 3. The number of carbonyl (C=O) groups is 2. The van der Waals surface area contributed by atoms with Gasteiger partial charge in [0.25, 0.3) is 5.91 Å². The van der Waals surface area contributed by atoms with E-state index in [1.807, 2.05) is 0 Å². The number of H-pyrrole nitrogens is 1. The lowest BCUT2D eigenvalue weighted by Gasteiger charge is -2.21. The highest BCUT2D eigenvalue weighted by molar-refractivity contribution is 9.10. The Morgan fingerprint density at radius 3 is 2.44 bits per heavy atom. The Labute approximate surface area is 108 Å². The van der Waals surface area contributed by atoms with Crippen LogP contribution in [0.3, 0.4) is 0 Å². The number of halogens is 4. The maximum atomic E-state index is 12.2. The number of amides is 1. The fraction of sp³-hybridized carbons (Fsp3) is 0.333. The molecular formula is C9H8BrF3N2O3. The molecule has 0 saturated heterocycles. The van der Waals surface area contributed by atoms with Crippen LogP contribution in [-0.2, 0) is 4.79 Å². The van der Waals surface area contributed by atoms with Gasteiger partial charge in [-0.25, -0.2) is 0 Å². The summed E-state index contributed by atoms with van der Waals surface area (Å²) in [5.74, 6) is -2.54. The SMILES string of the molecule is O=C(O)CN(CC(F)(F)F)C(=O)c1cc(Br)c[nH]1. The molecule has 0 radical (unpaired) electrons. The first kappa shape index (κ1) is 14.6. The standard InChI is InChI=1S/C9H8BrF3N2O3/c10-5-1-6(14-2-5)8(18)15(3-7(16)17)4-9(11,12)13/h1-2,14H,3-4H2,(H,16,17). The van der Waals surface area contributed by atoms with Gasteiger partial charge >= 0.3 is 12.1 Å². The number of carboxylic acids is 1. The zero-order valence-electron chi connectivity index (χ0n) is 8.79. The molecule has 0 spiro atoms. The molecule has 0 saturated carbocycles. The van der Waals surface area contributed by atoms with Gasteiger partial charge < -0.3 is 15.0 Å². The van der Waals surface area contributed by atoms with Crippen LogP contribution in [0.2, 0.25) is 0 Å². The molecule has 0 aromatic carbocycles. The summed E-state index contributed by atoms with van der Waals surface area (Å²) in [5.41, 5.74) is -0.118. The van der Waals surface area contributed by atoms with Gasteiger partial charge in [-0.05, 0) is 22.0 Å². The summed E-state index contributed by atoms with van der Waals surface area (Å²) < 4.78 is 37.2. The van der Waals surface area contributed by atoms with E-state index in [1.165, 1.54) is 12.3 Å². The van der Waals surface area contributed by atoms with Crippen LogP contribution >= 0.6 is 15.9 Å². The third kappa shape index (κ3) is 4.40. The van der Waals surface area contributed by atoms with E-state index >= 15 is 0 Å². The third-order valence-corrected chi connectivity index (χ3v) is 2.32. The first-order chi connectivity index (χ1) is 8.19. The van der Waals surface area contributed by atoms with Crippen molar-refractivity contribution in [3.05, 3.63) is 22.4 Å². The molecule has 0 atom stereocenters. The average molecular weight is 329 g/mol. The molecule has 0 aliphatic rings. The lowest BCUT2D eigenvalue weighted by molar-refractivity contribution is -0.149. The molecule has 100 valence electrons. The van der Waals surface area contributed by atoms with E-state index in [4.69, 9.17) is 5.11 Å². The molecule has 1 heterocycles. The number of nitrogens with zero attached hydrogens (tertiary/aromatic N) is 1. The van der Waals surface area contributed by atoms with Crippen LogP contribution in [-0.4, -0.2) is 46.1 Å². The van der Waals surface area contributed by atoms with Gasteiger partial charge in [0, 0.05) is 10.7 Å². The van der Waals surface area contributed by atoms with Crippen LogP contribution in [0.15, 0.2) is 16.7 Å². The lowest BCUT2D eigenvalue weighted by Crippen LogP contribution is -2.42. The minimum atomic E-state index is -4.66. The zero-order valence-corrected chi connectivity index (χ0v) is 10.4. The molecule has 5 nitrogen and oxygen atoms in total. The number of aromatic nitrogens is 1. The molecule has 0 aliphatic carbocycles. The quantitative estimate of drug-likeness (QED) is 0.886. The Balaban J connectivity index is 2.88. The summed E-state index contributed by atoms with van der Waals surface area (Å²) in [7, 11) is 0. The topological polar surface area (TPSA) is 73.4 Å². The van der Waals surface area contributed by atoms with E-state index in [1.54, 1.807) is 0 Å². The van der Waals surface area contributed by atoms with Crippen molar-refractivity contribution >= 4 is 27.8 Å². The molecule has 18 heavy (non-hydrogen) atoms. The largest absolute Gasteiger partial charge is 0.480 e. The second kappa shape index (κ2) is 5.42. The van der Waals surface area contributed by atoms with Gasteiger partial charge in [0.1, 0.15) is 18.8 Å². The Morgan fingerprint density at radius 1 is 1.44 bits per heavy atom. The monoisotopic (exact) mass is 328 g/mol. The molecule has 1 rings (SSSR count). The van der Waals surface area contributed by atoms with Crippen LogP contribution in [0.25, 0.3) is 0 Å². The maximum absolute atomic E-state index is 12.2. The van der Waals surface area contributed by atoms with Gasteiger partial charge in [0.05, 0.1) is 0 Å². The molecule has 0 unspecified atom stereocenters. The molecule has 0 fully saturated rings. The van der Waals surface area contributed by atoms with E-state index in [9.17, 15) is 22.8 Å². The van der Waals surface area contributed by atoms with Crippen LogP contribution in [0, 0.1) is 0 Å². The summed E-state index contributed by atoms with van der Waals surface area (Å²) in [6.45, 7) is -2.64. The van der Waals surface area contributed by atoms with E-state index < -0.39 is 31.1 Å². The maximum Gasteiger partial charge on any atom is 0.406 e. The molecule has 1 aromatic heterocycles. The Kier molecular flexibility index (Phi) is 4.38. The van der Waals surface area contributed by atoms with E-state index in [2.05, 4.69) is 20.9 Å². The van der Waals surface area contributed by atoms with Crippen molar-refractivity contribution in [2.45, 2.75) is 6.18 Å². The number of nitrogens with one attached hydrogen (secondary N) is 1. The summed E-state index contributed by atoms with van der Waals surface area (Å²) in [5, 5.41) is 8.50. The highest BCUT2D eigenvalue weighted by atomic mass is 79.9. The van der Waals surface area contributed by atoms with Gasteiger partial charge in [-0.3, -0.25) is 9.59 Å². The Bertz CT molecular complexity index is 458. The van der Waals surface area contributed by atoms with Gasteiger partial charge in [-0.1, -0.05) is 0 Å². The number of rotatable bonds is 4. The van der Waals surface area contributed by atoms with Crippen LogP contribution in [0.1, 0.15) is 10.5 Å². The second-order valence-corrected chi connectivity index (χ2v) is 4.32. The number of carbonyl (C=O) groups excluding carboxylic acids is 1. The average Bonchev–Trinajstić information content (AvgIpc) is 2.59. The first-order valence-electron chi connectivity index (χ1n) is 4.61. The summed E-state index contributed by atoms with van der Waals surface area (Å²) in [4.78, 5) is 24.8. The highest BCUT2D eigenvalue weighted by Crippen LogP contribution is 2.19. The van der Waals surface area contributed by atoms with Crippen molar-refractivity contribution in [2.75, 3.05) is 13.1 Å². The summed E-state index contributed by atoms with van der Waals surface area (Å²) >= 11 is 3.02. The highest BCUT2D eigenvalue weighted by Gasteiger charge is 2.34. The Hall–Kier alpha value is -1.51. The summed E-state index contributed by atoms with van der Waals surface area (Å²) in [6.07, 6.45) is -3.30. The fourth-order valence-electron chi connectivity index (χ4n) is 1.24. The predicted molar refractivity (Wildman–Crippen MR) is 58.1 cm³/mol. The third-order valence-electron chi connectivity index (χ3n) is 1.86. The minimum absolute atomic E-state index is 0.118. The normalized spacial score (nSPS) is 11.3. The van der Waals surface area contributed by atoms with Crippen LogP contribution < -0.4 is 0 Å². The van der Waals surface area contributed by atoms with Gasteiger partial charge in [0.15, 0.2) is 0 Å². The summed E-state index contributed by atoms with van der Waals surface area (Å²) in [6, 6.07) is 1.27. The minimum Gasteiger partial charge on any atom is -0.480 e. The molecular weight excluding hydrogens is 321 g/mol. The van der Waals surface area contributed by atoms with Crippen molar-refractivity contribution in [3.8, 4) is 0 Å².